The number of carbonyl (C=O) groups excluding carboxylic acids is 1. The molecule has 1 amide bonds. The van der Waals surface area contributed by atoms with E-state index < -0.39 is 0 Å². The highest BCUT2D eigenvalue weighted by molar-refractivity contribution is 6.11. The fraction of sp³-hybridized carbons (Fsp3) is 0.136. The SMILES string of the molecule is CN(C)Cc1cccc(NC(=O)c2n[nH]c3ccc(-c4cccnc4)cc23)c1. The fourth-order valence-electron chi connectivity index (χ4n) is 3.20. The van der Waals surface area contributed by atoms with Gasteiger partial charge in [0, 0.05) is 35.6 Å². The number of nitrogens with one attached hydrogen (secondary N) is 2. The van der Waals surface area contributed by atoms with Gasteiger partial charge in [-0.1, -0.05) is 24.3 Å². The van der Waals surface area contributed by atoms with Crippen molar-refractivity contribution in [2.75, 3.05) is 19.4 Å². The standard InChI is InChI=1S/C22H21N5O/c1-27(2)14-15-5-3-7-18(11-15)24-22(28)21-19-12-16(8-9-20(19)25-26-21)17-6-4-10-23-13-17/h3-13H,14H2,1-2H3,(H,24,28)(H,25,26). The molecule has 2 N–H and O–H groups in total. The smallest absolute Gasteiger partial charge is 0.276 e. The minimum atomic E-state index is -0.239. The fourth-order valence-corrected chi connectivity index (χ4v) is 3.20. The summed E-state index contributed by atoms with van der Waals surface area (Å²) in [7, 11) is 4.03. The van der Waals surface area contributed by atoms with Crippen molar-refractivity contribution >= 4 is 22.5 Å². The van der Waals surface area contributed by atoms with Crippen LogP contribution < -0.4 is 5.32 Å². The van der Waals surface area contributed by atoms with E-state index in [2.05, 4.69) is 25.4 Å². The van der Waals surface area contributed by atoms with Gasteiger partial charge in [-0.05, 0) is 55.6 Å². The van der Waals surface area contributed by atoms with Gasteiger partial charge >= 0.3 is 0 Å². The molecule has 4 rings (SSSR count). The summed E-state index contributed by atoms with van der Waals surface area (Å²) in [5.41, 5.74) is 5.06. The minimum absolute atomic E-state index is 0.239. The number of aromatic amines is 1. The molecule has 2 heterocycles. The Hall–Kier alpha value is -3.51. The maximum absolute atomic E-state index is 12.9. The summed E-state index contributed by atoms with van der Waals surface area (Å²) in [6.07, 6.45) is 3.54. The predicted molar refractivity (Wildman–Crippen MR) is 111 cm³/mol. The second-order valence-corrected chi connectivity index (χ2v) is 6.97. The Balaban J connectivity index is 1.63. The van der Waals surface area contributed by atoms with E-state index in [1.807, 2.05) is 68.7 Å². The molecular formula is C22H21N5O. The summed E-state index contributed by atoms with van der Waals surface area (Å²) in [4.78, 5) is 19.1. The molecule has 0 bridgehead atoms. The van der Waals surface area contributed by atoms with Gasteiger partial charge in [-0.25, -0.2) is 0 Å². The van der Waals surface area contributed by atoms with Crippen molar-refractivity contribution in [3.05, 3.63) is 78.2 Å². The van der Waals surface area contributed by atoms with Crippen LogP contribution in [0.2, 0.25) is 0 Å². The quantitative estimate of drug-likeness (QED) is 0.557. The molecule has 6 nitrogen and oxygen atoms in total. The lowest BCUT2D eigenvalue weighted by molar-refractivity contribution is 0.102. The number of hydrogen-bond acceptors (Lipinski definition) is 4. The van der Waals surface area contributed by atoms with Gasteiger partial charge in [-0.3, -0.25) is 14.9 Å². The molecule has 0 unspecified atom stereocenters. The third kappa shape index (κ3) is 3.77. The van der Waals surface area contributed by atoms with Crippen LogP contribution in [0.15, 0.2) is 67.0 Å². The zero-order valence-corrected chi connectivity index (χ0v) is 15.8. The number of hydrogen-bond donors (Lipinski definition) is 2. The van der Waals surface area contributed by atoms with Gasteiger partial charge in [-0.15, -0.1) is 0 Å². The van der Waals surface area contributed by atoms with Crippen LogP contribution in [-0.4, -0.2) is 40.1 Å². The van der Waals surface area contributed by atoms with Gasteiger partial charge in [0.25, 0.3) is 5.91 Å². The average Bonchev–Trinajstić information content (AvgIpc) is 3.12. The van der Waals surface area contributed by atoms with Crippen LogP contribution >= 0.6 is 0 Å². The average molecular weight is 371 g/mol. The highest BCUT2D eigenvalue weighted by Crippen LogP contribution is 2.25. The molecule has 0 atom stereocenters. The predicted octanol–water partition coefficient (Wildman–Crippen LogP) is 3.94. The van der Waals surface area contributed by atoms with E-state index in [0.29, 0.717) is 5.69 Å². The lowest BCUT2D eigenvalue weighted by Crippen LogP contribution is -2.14. The lowest BCUT2D eigenvalue weighted by Gasteiger charge is -2.11. The Morgan fingerprint density at radius 1 is 1.07 bits per heavy atom. The number of nitrogens with zero attached hydrogens (tertiary/aromatic N) is 3. The maximum atomic E-state index is 12.9. The molecule has 0 radical (unpaired) electrons. The van der Waals surface area contributed by atoms with E-state index in [1.54, 1.807) is 12.4 Å². The maximum Gasteiger partial charge on any atom is 0.276 e. The molecular weight excluding hydrogens is 350 g/mol. The molecule has 140 valence electrons. The Labute approximate surface area is 163 Å². The first-order chi connectivity index (χ1) is 13.6. The number of carbonyl (C=O) groups is 1. The van der Waals surface area contributed by atoms with Crippen LogP contribution in [-0.2, 0) is 6.54 Å². The number of fused-ring (bicyclic) bond motifs is 1. The zero-order valence-electron chi connectivity index (χ0n) is 15.8. The molecule has 0 spiro atoms. The van der Waals surface area contributed by atoms with Crippen LogP contribution in [0.4, 0.5) is 5.69 Å². The third-order valence-corrected chi connectivity index (χ3v) is 4.46. The Morgan fingerprint density at radius 2 is 1.96 bits per heavy atom. The van der Waals surface area contributed by atoms with Crippen molar-refractivity contribution in [3.8, 4) is 11.1 Å². The summed E-state index contributed by atoms with van der Waals surface area (Å²) >= 11 is 0. The molecule has 0 aliphatic carbocycles. The first-order valence-electron chi connectivity index (χ1n) is 9.04. The van der Waals surface area contributed by atoms with E-state index in [4.69, 9.17) is 0 Å². The van der Waals surface area contributed by atoms with Crippen molar-refractivity contribution in [2.45, 2.75) is 6.54 Å². The van der Waals surface area contributed by atoms with Crippen LogP contribution in [0.25, 0.3) is 22.0 Å². The van der Waals surface area contributed by atoms with E-state index in [-0.39, 0.29) is 5.91 Å². The molecule has 2 aromatic carbocycles. The second kappa shape index (κ2) is 7.62. The summed E-state index contributed by atoms with van der Waals surface area (Å²) in [6, 6.07) is 17.6. The Bertz CT molecular complexity index is 1120. The van der Waals surface area contributed by atoms with E-state index >= 15 is 0 Å². The molecule has 0 aliphatic heterocycles. The Morgan fingerprint density at radius 3 is 2.75 bits per heavy atom. The summed E-state index contributed by atoms with van der Waals surface area (Å²) in [5.74, 6) is -0.239. The number of pyridine rings is 1. The first-order valence-corrected chi connectivity index (χ1v) is 9.04. The molecule has 4 aromatic rings. The monoisotopic (exact) mass is 371 g/mol. The van der Waals surface area contributed by atoms with E-state index in [0.717, 1.165) is 39.8 Å². The highest BCUT2D eigenvalue weighted by atomic mass is 16.1. The molecule has 0 fully saturated rings. The van der Waals surface area contributed by atoms with Crippen molar-refractivity contribution in [1.29, 1.82) is 0 Å². The van der Waals surface area contributed by atoms with Crippen molar-refractivity contribution in [3.63, 3.8) is 0 Å². The topological polar surface area (TPSA) is 73.9 Å². The molecule has 0 saturated heterocycles. The number of rotatable bonds is 5. The van der Waals surface area contributed by atoms with Gasteiger partial charge < -0.3 is 10.2 Å². The molecule has 0 aliphatic rings. The second-order valence-electron chi connectivity index (χ2n) is 6.97. The van der Waals surface area contributed by atoms with E-state index in [1.165, 1.54) is 0 Å². The van der Waals surface area contributed by atoms with Gasteiger partial charge in [0.15, 0.2) is 5.69 Å². The van der Waals surface area contributed by atoms with Crippen LogP contribution in [0.5, 0.6) is 0 Å². The Kier molecular flexibility index (Phi) is 4.87. The van der Waals surface area contributed by atoms with Gasteiger partial charge in [-0.2, -0.15) is 5.10 Å². The molecule has 28 heavy (non-hydrogen) atoms. The zero-order chi connectivity index (χ0) is 19.5. The number of aromatic nitrogens is 3. The molecule has 0 saturated carbocycles. The summed E-state index contributed by atoms with van der Waals surface area (Å²) in [5, 5.41) is 10.9. The molecule has 2 aromatic heterocycles. The normalized spacial score (nSPS) is 11.1. The van der Waals surface area contributed by atoms with Crippen molar-refractivity contribution in [1.82, 2.24) is 20.1 Å². The largest absolute Gasteiger partial charge is 0.321 e. The number of H-pyrrole nitrogens is 1. The number of benzene rings is 2. The summed E-state index contributed by atoms with van der Waals surface area (Å²) in [6.45, 7) is 0.809. The van der Waals surface area contributed by atoms with Crippen molar-refractivity contribution in [2.24, 2.45) is 0 Å². The van der Waals surface area contributed by atoms with Crippen LogP contribution in [0.3, 0.4) is 0 Å². The number of amides is 1. The lowest BCUT2D eigenvalue weighted by atomic mass is 10.0. The third-order valence-electron chi connectivity index (χ3n) is 4.46. The number of anilines is 1. The van der Waals surface area contributed by atoms with Gasteiger partial charge in [0.05, 0.1) is 5.52 Å². The van der Waals surface area contributed by atoms with Gasteiger partial charge in [0.1, 0.15) is 0 Å². The van der Waals surface area contributed by atoms with Crippen molar-refractivity contribution < 1.29 is 4.79 Å². The van der Waals surface area contributed by atoms with E-state index in [9.17, 15) is 4.79 Å². The van der Waals surface area contributed by atoms with Crippen LogP contribution in [0.1, 0.15) is 16.1 Å². The minimum Gasteiger partial charge on any atom is -0.321 e. The highest BCUT2D eigenvalue weighted by Gasteiger charge is 2.15. The summed E-state index contributed by atoms with van der Waals surface area (Å²) < 4.78 is 0. The first kappa shape index (κ1) is 17.9. The van der Waals surface area contributed by atoms with Crippen LogP contribution in [0, 0.1) is 0 Å². The van der Waals surface area contributed by atoms with Gasteiger partial charge in [0.2, 0.25) is 0 Å². The molecule has 6 heteroatoms.